The molecule has 0 bridgehead atoms. The van der Waals surface area contributed by atoms with E-state index in [9.17, 15) is 14.0 Å². The average molecular weight is 293 g/mol. The molecule has 88 valence electrons. The molecular weight excluding hydrogens is 283 g/mol. The lowest BCUT2D eigenvalue weighted by Crippen LogP contribution is -2.19. The minimum atomic E-state index is -1.31. The summed E-state index contributed by atoms with van der Waals surface area (Å²) < 4.78 is 12.9. The summed E-state index contributed by atoms with van der Waals surface area (Å²) >= 11 is 3.12. The summed E-state index contributed by atoms with van der Waals surface area (Å²) in [6.07, 6.45) is 0. The molecule has 2 N–H and O–H groups in total. The van der Waals surface area contributed by atoms with Gasteiger partial charge in [-0.3, -0.25) is 9.59 Å². The quantitative estimate of drug-likeness (QED) is 0.821. The van der Waals surface area contributed by atoms with Crippen molar-refractivity contribution in [2.45, 2.75) is 6.92 Å². The number of carboxylic acid groups (broad SMARTS) is 2. The van der Waals surface area contributed by atoms with E-state index in [0.717, 1.165) is 11.4 Å². The van der Waals surface area contributed by atoms with Gasteiger partial charge in [0.05, 0.1) is 0 Å². The predicted octanol–water partition coefficient (Wildman–Crippen LogP) is 2.38. The van der Waals surface area contributed by atoms with Gasteiger partial charge in [0, 0.05) is 4.47 Å². The molecule has 0 aliphatic heterocycles. The van der Waals surface area contributed by atoms with E-state index in [-0.39, 0.29) is 5.82 Å². The number of carbonyl (C=O) groups is 2. The topological polar surface area (TPSA) is 74.6 Å². The van der Waals surface area contributed by atoms with Gasteiger partial charge in [0.1, 0.15) is 5.82 Å². The lowest BCUT2D eigenvalue weighted by atomic mass is 10.2. The molecule has 1 rings (SSSR count). The smallest absolute Gasteiger partial charge is 0.317 e. The Balaban J connectivity index is 0.000000281. The molecule has 0 amide bonds. The first-order chi connectivity index (χ1) is 7.34. The van der Waals surface area contributed by atoms with Crippen LogP contribution >= 0.6 is 15.9 Å². The van der Waals surface area contributed by atoms with E-state index in [4.69, 9.17) is 10.2 Å². The van der Waals surface area contributed by atoms with Gasteiger partial charge < -0.3 is 10.2 Å². The molecule has 6 heteroatoms. The minimum absolute atomic E-state index is 0.209. The lowest BCUT2D eigenvalue weighted by molar-refractivity contribution is -0.153. The monoisotopic (exact) mass is 292 g/mol. The molecule has 0 radical (unpaired) electrons. The zero-order chi connectivity index (χ0) is 12.7. The van der Waals surface area contributed by atoms with Crippen LogP contribution in [0.5, 0.6) is 0 Å². The summed E-state index contributed by atoms with van der Waals surface area (Å²) in [6, 6.07) is 6.26. The molecule has 0 heterocycles. The predicted molar refractivity (Wildman–Crippen MR) is 58.5 cm³/mol. The summed E-state index contributed by atoms with van der Waals surface area (Å²) in [5.74, 6) is -4.12. The van der Waals surface area contributed by atoms with Crippen molar-refractivity contribution in [2.75, 3.05) is 0 Å². The van der Waals surface area contributed by atoms with Gasteiger partial charge in [-0.2, -0.15) is 0 Å². The van der Waals surface area contributed by atoms with Crippen LogP contribution in [0.25, 0.3) is 0 Å². The largest absolute Gasteiger partial charge is 0.481 e. The molecule has 0 saturated carbocycles. The van der Waals surface area contributed by atoms with Crippen molar-refractivity contribution in [1.29, 1.82) is 0 Å². The fourth-order valence-electron chi connectivity index (χ4n) is 0.566. The average Bonchev–Trinajstić information content (AvgIpc) is 2.16. The van der Waals surface area contributed by atoms with Gasteiger partial charge in [0.15, 0.2) is 5.92 Å². The van der Waals surface area contributed by atoms with E-state index < -0.39 is 17.9 Å². The summed E-state index contributed by atoms with van der Waals surface area (Å²) in [5, 5.41) is 15.9. The second-order valence-corrected chi connectivity index (χ2v) is 3.75. The molecule has 0 atom stereocenters. The van der Waals surface area contributed by atoms with Gasteiger partial charge >= 0.3 is 11.9 Å². The third kappa shape index (κ3) is 6.13. The SMILES string of the molecule is CC(C(=O)O)C(=O)O.Fc1cccc(Br)c1. The molecule has 1 aromatic rings. The number of rotatable bonds is 2. The van der Waals surface area contributed by atoms with Crippen molar-refractivity contribution in [3.8, 4) is 0 Å². The first-order valence-corrected chi connectivity index (χ1v) is 5.00. The zero-order valence-electron chi connectivity index (χ0n) is 8.35. The van der Waals surface area contributed by atoms with E-state index in [1.165, 1.54) is 12.1 Å². The summed E-state index contributed by atoms with van der Waals surface area (Å²) in [7, 11) is 0. The Hall–Kier alpha value is -1.43. The van der Waals surface area contributed by atoms with Crippen LogP contribution in [0.15, 0.2) is 28.7 Å². The Kier molecular flexibility index (Phi) is 6.32. The standard InChI is InChI=1S/C6H4BrF.C4H6O4/c7-5-2-1-3-6(8)4-5;1-2(3(5)6)4(7)8/h1-4H;2H,1H3,(H,5,6)(H,7,8). The maximum atomic E-state index is 12.1. The van der Waals surface area contributed by atoms with E-state index in [1.807, 2.05) is 0 Å². The van der Waals surface area contributed by atoms with Gasteiger partial charge in [-0.1, -0.05) is 22.0 Å². The van der Waals surface area contributed by atoms with E-state index in [1.54, 1.807) is 12.1 Å². The Morgan fingerprint density at radius 2 is 1.81 bits per heavy atom. The molecule has 0 spiro atoms. The van der Waals surface area contributed by atoms with Crippen LogP contribution in [0, 0.1) is 11.7 Å². The van der Waals surface area contributed by atoms with Gasteiger partial charge in [0.25, 0.3) is 0 Å². The van der Waals surface area contributed by atoms with E-state index in [2.05, 4.69) is 15.9 Å². The van der Waals surface area contributed by atoms with E-state index in [0.29, 0.717) is 0 Å². The van der Waals surface area contributed by atoms with Crippen molar-refractivity contribution in [1.82, 2.24) is 0 Å². The van der Waals surface area contributed by atoms with Crippen molar-refractivity contribution < 1.29 is 24.2 Å². The number of hydrogen-bond donors (Lipinski definition) is 2. The second-order valence-electron chi connectivity index (χ2n) is 2.84. The number of aliphatic carboxylic acids is 2. The zero-order valence-corrected chi connectivity index (χ0v) is 9.94. The highest BCUT2D eigenvalue weighted by Gasteiger charge is 2.18. The van der Waals surface area contributed by atoms with Crippen LogP contribution in [-0.4, -0.2) is 22.2 Å². The Morgan fingerprint density at radius 1 is 1.31 bits per heavy atom. The van der Waals surface area contributed by atoms with Crippen molar-refractivity contribution in [2.24, 2.45) is 5.92 Å². The molecule has 0 aliphatic carbocycles. The molecule has 0 unspecified atom stereocenters. The lowest BCUT2D eigenvalue weighted by Gasteiger charge is -1.94. The molecule has 4 nitrogen and oxygen atoms in total. The third-order valence-corrected chi connectivity index (χ3v) is 2.02. The number of hydrogen-bond acceptors (Lipinski definition) is 2. The highest BCUT2D eigenvalue weighted by Crippen LogP contribution is 2.09. The fraction of sp³-hybridized carbons (Fsp3) is 0.200. The van der Waals surface area contributed by atoms with Crippen LogP contribution in [0.3, 0.4) is 0 Å². The molecule has 0 saturated heterocycles. The Bertz CT molecular complexity index is 350. The first-order valence-electron chi connectivity index (χ1n) is 4.21. The Morgan fingerprint density at radius 3 is 2.00 bits per heavy atom. The summed E-state index contributed by atoms with van der Waals surface area (Å²) in [5.41, 5.74) is 0. The van der Waals surface area contributed by atoms with Crippen LogP contribution in [0.4, 0.5) is 4.39 Å². The summed E-state index contributed by atoms with van der Waals surface area (Å²) in [4.78, 5) is 19.5. The van der Waals surface area contributed by atoms with Gasteiger partial charge in [-0.15, -0.1) is 0 Å². The number of benzene rings is 1. The highest BCUT2D eigenvalue weighted by molar-refractivity contribution is 9.10. The number of carboxylic acids is 2. The minimum Gasteiger partial charge on any atom is -0.481 e. The van der Waals surface area contributed by atoms with Crippen LogP contribution in [0.2, 0.25) is 0 Å². The van der Waals surface area contributed by atoms with Gasteiger partial charge in [0.2, 0.25) is 0 Å². The molecule has 0 fully saturated rings. The maximum absolute atomic E-state index is 12.1. The molecule has 16 heavy (non-hydrogen) atoms. The van der Waals surface area contributed by atoms with Crippen molar-refractivity contribution in [3.05, 3.63) is 34.6 Å². The van der Waals surface area contributed by atoms with E-state index >= 15 is 0 Å². The molecule has 0 aromatic heterocycles. The highest BCUT2D eigenvalue weighted by atomic mass is 79.9. The van der Waals surface area contributed by atoms with Crippen molar-refractivity contribution in [3.63, 3.8) is 0 Å². The fourth-order valence-corrected chi connectivity index (χ4v) is 0.937. The van der Waals surface area contributed by atoms with Crippen LogP contribution in [0.1, 0.15) is 6.92 Å². The molecule has 0 aliphatic rings. The van der Waals surface area contributed by atoms with Crippen LogP contribution in [-0.2, 0) is 9.59 Å². The molecule has 1 aromatic carbocycles. The summed E-state index contributed by atoms with van der Waals surface area (Å²) in [6.45, 7) is 1.12. The number of halogens is 2. The van der Waals surface area contributed by atoms with Gasteiger partial charge in [-0.05, 0) is 25.1 Å². The van der Waals surface area contributed by atoms with Crippen LogP contribution < -0.4 is 0 Å². The third-order valence-electron chi connectivity index (χ3n) is 1.53. The van der Waals surface area contributed by atoms with Gasteiger partial charge in [-0.25, -0.2) is 4.39 Å². The first kappa shape index (κ1) is 14.6. The Labute approximate surface area is 99.8 Å². The van der Waals surface area contributed by atoms with Crippen molar-refractivity contribution >= 4 is 27.9 Å². The maximum Gasteiger partial charge on any atom is 0.317 e. The second kappa shape index (κ2) is 6.95. The normalized spacial score (nSPS) is 9.25. The molecular formula is C10H10BrFO4.